The first-order valence-corrected chi connectivity index (χ1v) is 9.79. The fourth-order valence-corrected chi connectivity index (χ4v) is 3.26. The van der Waals surface area contributed by atoms with Crippen LogP contribution in [0.25, 0.3) is 0 Å². The summed E-state index contributed by atoms with van der Waals surface area (Å²) in [5.74, 6) is -3.79. The van der Waals surface area contributed by atoms with Crippen LogP contribution in [0.4, 0.5) is 5.69 Å². The van der Waals surface area contributed by atoms with Crippen molar-refractivity contribution in [3.63, 3.8) is 0 Å². The minimum Gasteiger partial charge on any atom is -0.480 e. The average Bonchev–Trinajstić information content (AvgIpc) is 2.77. The number of ether oxygens (including phenoxy) is 2. The van der Waals surface area contributed by atoms with E-state index in [0.29, 0.717) is 11.1 Å². The molecule has 2 rings (SSSR count). The maximum Gasteiger partial charge on any atom is 0.326 e. The first-order valence-electron chi connectivity index (χ1n) is 9.79. The molecule has 10 nitrogen and oxygen atoms in total. The summed E-state index contributed by atoms with van der Waals surface area (Å²) < 4.78 is 10.2. The third-order valence-electron chi connectivity index (χ3n) is 4.77. The lowest BCUT2D eigenvalue weighted by atomic mass is 9.88. The van der Waals surface area contributed by atoms with Gasteiger partial charge in [0.15, 0.2) is 6.10 Å². The molecule has 32 heavy (non-hydrogen) atoms. The lowest BCUT2D eigenvalue weighted by Gasteiger charge is -2.26. The van der Waals surface area contributed by atoms with E-state index in [1.807, 2.05) is 0 Å². The van der Waals surface area contributed by atoms with Crippen molar-refractivity contribution in [2.24, 2.45) is 0 Å². The normalized spacial score (nSPS) is 13.4. The molecule has 170 valence electrons. The topological polar surface area (TPSA) is 145 Å². The fraction of sp³-hybridized carbons (Fsp3) is 0.318. The number of hydrogen-bond acceptors (Lipinski definition) is 7. The van der Waals surface area contributed by atoms with Crippen molar-refractivity contribution < 1.29 is 33.9 Å². The van der Waals surface area contributed by atoms with Gasteiger partial charge in [0, 0.05) is 25.2 Å². The highest BCUT2D eigenvalue weighted by molar-refractivity contribution is 5.88. The molecule has 2 aromatic rings. The molecule has 2 N–H and O–H groups in total. The number of esters is 1. The van der Waals surface area contributed by atoms with Gasteiger partial charge in [0.25, 0.3) is 11.6 Å². The third kappa shape index (κ3) is 6.35. The summed E-state index contributed by atoms with van der Waals surface area (Å²) in [6, 6.07) is 12.1. The number of nitrogens with zero attached hydrogens (tertiary/aromatic N) is 1. The number of aliphatic carboxylic acids is 1. The second-order valence-corrected chi connectivity index (χ2v) is 6.82. The molecule has 0 aliphatic rings. The van der Waals surface area contributed by atoms with Crippen LogP contribution >= 0.6 is 0 Å². The summed E-state index contributed by atoms with van der Waals surface area (Å²) in [6.45, 7) is 1.70. The summed E-state index contributed by atoms with van der Waals surface area (Å²) in [5, 5.41) is 23.2. The number of hydrogen-bond donors (Lipinski definition) is 2. The van der Waals surface area contributed by atoms with E-state index in [-0.39, 0.29) is 18.7 Å². The first kappa shape index (κ1) is 24.5. The van der Waals surface area contributed by atoms with Gasteiger partial charge >= 0.3 is 11.9 Å². The zero-order chi connectivity index (χ0) is 23.7. The Hall–Kier alpha value is -3.79. The molecule has 0 fully saturated rings. The highest BCUT2D eigenvalue weighted by atomic mass is 16.6. The smallest absolute Gasteiger partial charge is 0.326 e. The maximum absolute atomic E-state index is 12.9. The van der Waals surface area contributed by atoms with Crippen LogP contribution in [0.15, 0.2) is 54.6 Å². The number of carboxylic acid groups (broad SMARTS) is 1. The van der Waals surface area contributed by atoms with Crippen molar-refractivity contribution in [2.45, 2.75) is 31.4 Å². The van der Waals surface area contributed by atoms with Gasteiger partial charge in [-0.1, -0.05) is 42.5 Å². The molecule has 0 aliphatic carbocycles. The Labute approximate surface area is 184 Å². The molecule has 0 heterocycles. The minimum atomic E-state index is -1.52. The third-order valence-corrected chi connectivity index (χ3v) is 4.77. The van der Waals surface area contributed by atoms with Crippen molar-refractivity contribution in [3.05, 3.63) is 75.8 Å². The molecule has 0 unspecified atom stereocenters. The van der Waals surface area contributed by atoms with Gasteiger partial charge in [-0.15, -0.1) is 0 Å². The Morgan fingerprint density at radius 3 is 2.19 bits per heavy atom. The number of carbonyl (C=O) groups is 3. The summed E-state index contributed by atoms with van der Waals surface area (Å²) in [6.07, 6.45) is -1.43. The maximum atomic E-state index is 12.9. The Morgan fingerprint density at radius 1 is 1.06 bits per heavy atom. The van der Waals surface area contributed by atoms with Crippen LogP contribution in [0.2, 0.25) is 0 Å². The minimum absolute atomic E-state index is 0.0929. The van der Waals surface area contributed by atoms with Gasteiger partial charge in [-0.05, 0) is 18.1 Å². The van der Waals surface area contributed by atoms with E-state index in [1.165, 1.54) is 31.4 Å². The van der Waals surface area contributed by atoms with E-state index < -0.39 is 40.8 Å². The molecule has 0 saturated carbocycles. The molecule has 0 spiro atoms. The fourth-order valence-electron chi connectivity index (χ4n) is 3.26. The number of nitrogens with one attached hydrogen (secondary N) is 1. The largest absolute Gasteiger partial charge is 0.480 e. The van der Waals surface area contributed by atoms with E-state index in [9.17, 15) is 29.6 Å². The number of rotatable bonds is 11. The van der Waals surface area contributed by atoms with Crippen molar-refractivity contribution >= 4 is 23.5 Å². The van der Waals surface area contributed by atoms with Gasteiger partial charge < -0.3 is 19.9 Å². The SMILES string of the molecule is CCOC(=O)C[C@H](c1ccc([N+](=O)[O-])cc1)[C@H](NC(=O)[C@H](OC)c1ccccc1)C(=O)O. The number of benzene rings is 2. The Bertz CT molecular complexity index is 946. The van der Waals surface area contributed by atoms with Gasteiger partial charge in [-0.3, -0.25) is 19.7 Å². The molecule has 0 aliphatic heterocycles. The molecule has 0 bridgehead atoms. The molecule has 0 saturated heterocycles. The van der Waals surface area contributed by atoms with E-state index in [2.05, 4.69) is 5.32 Å². The van der Waals surface area contributed by atoms with E-state index in [0.717, 1.165) is 0 Å². The monoisotopic (exact) mass is 444 g/mol. The van der Waals surface area contributed by atoms with E-state index >= 15 is 0 Å². The molecule has 0 radical (unpaired) electrons. The van der Waals surface area contributed by atoms with Gasteiger partial charge in [0.1, 0.15) is 6.04 Å². The molecule has 0 aromatic heterocycles. The van der Waals surface area contributed by atoms with Crippen LogP contribution in [-0.4, -0.2) is 47.6 Å². The molecule has 3 atom stereocenters. The predicted octanol–water partition coefficient (Wildman–Crippen LogP) is 2.59. The Kier molecular flexibility index (Phi) is 8.84. The van der Waals surface area contributed by atoms with Crippen molar-refractivity contribution in [1.29, 1.82) is 0 Å². The van der Waals surface area contributed by atoms with Crippen LogP contribution in [0.3, 0.4) is 0 Å². The summed E-state index contributed by atoms with van der Waals surface area (Å²) in [5.41, 5.74) is 0.655. The van der Waals surface area contributed by atoms with Gasteiger partial charge in [-0.2, -0.15) is 0 Å². The molecule has 1 amide bonds. The van der Waals surface area contributed by atoms with Crippen LogP contribution in [0.1, 0.15) is 36.5 Å². The van der Waals surface area contributed by atoms with Gasteiger partial charge in [0.05, 0.1) is 18.0 Å². The van der Waals surface area contributed by atoms with Gasteiger partial charge in [0.2, 0.25) is 0 Å². The molecule has 10 heteroatoms. The second kappa shape index (κ2) is 11.6. The molecular weight excluding hydrogens is 420 g/mol. The van der Waals surface area contributed by atoms with Gasteiger partial charge in [-0.25, -0.2) is 4.79 Å². The number of nitro groups is 1. The molecular formula is C22H24N2O8. The Morgan fingerprint density at radius 2 is 1.69 bits per heavy atom. The lowest BCUT2D eigenvalue weighted by Crippen LogP contribution is -2.47. The number of methoxy groups -OCH3 is 1. The second-order valence-electron chi connectivity index (χ2n) is 6.82. The summed E-state index contributed by atoms with van der Waals surface area (Å²) in [7, 11) is 1.32. The predicted molar refractivity (Wildman–Crippen MR) is 113 cm³/mol. The van der Waals surface area contributed by atoms with Crippen LogP contribution in [0.5, 0.6) is 0 Å². The number of carboxylic acids is 1. The van der Waals surface area contributed by atoms with E-state index in [4.69, 9.17) is 9.47 Å². The van der Waals surface area contributed by atoms with Crippen LogP contribution < -0.4 is 5.32 Å². The zero-order valence-electron chi connectivity index (χ0n) is 17.6. The number of carbonyl (C=O) groups excluding carboxylic acids is 2. The number of nitro benzene ring substituents is 1. The summed E-state index contributed by atoms with van der Waals surface area (Å²) >= 11 is 0. The standard InChI is InChI=1S/C22H24N2O8/c1-3-32-18(25)13-17(14-9-11-16(12-10-14)24(29)30)19(22(27)28)23-21(26)20(31-2)15-7-5-4-6-8-15/h4-12,17,19-20H,3,13H2,1-2H3,(H,23,26)(H,27,28)/t17-,19+,20-/m1/s1. The zero-order valence-corrected chi connectivity index (χ0v) is 17.6. The van der Waals surface area contributed by atoms with Crippen LogP contribution in [-0.2, 0) is 23.9 Å². The van der Waals surface area contributed by atoms with Crippen LogP contribution in [0, 0.1) is 10.1 Å². The van der Waals surface area contributed by atoms with E-state index in [1.54, 1.807) is 37.3 Å². The summed E-state index contributed by atoms with van der Waals surface area (Å²) in [4.78, 5) is 47.5. The quantitative estimate of drug-likeness (QED) is 0.306. The Balaban J connectivity index is 2.37. The van der Waals surface area contributed by atoms with Crippen molar-refractivity contribution in [1.82, 2.24) is 5.32 Å². The molecule has 2 aromatic carbocycles. The van der Waals surface area contributed by atoms with Crippen molar-refractivity contribution in [2.75, 3.05) is 13.7 Å². The number of amides is 1. The average molecular weight is 444 g/mol. The van der Waals surface area contributed by atoms with Crippen molar-refractivity contribution in [3.8, 4) is 0 Å². The number of non-ortho nitro benzene ring substituents is 1. The highest BCUT2D eigenvalue weighted by Crippen LogP contribution is 2.28. The highest BCUT2D eigenvalue weighted by Gasteiger charge is 2.35. The lowest BCUT2D eigenvalue weighted by molar-refractivity contribution is -0.384. The first-order chi connectivity index (χ1) is 15.3.